The highest BCUT2D eigenvalue weighted by Gasteiger charge is 2.59. The molecule has 1 saturated heterocycles. The molecule has 1 aliphatic heterocycles. The predicted molar refractivity (Wildman–Crippen MR) is 108 cm³/mol. The Kier molecular flexibility index (Phi) is 4.17. The van der Waals surface area contributed by atoms with Crippen LogP contribution in [0, 0.1) is 23.7 Å². The second kappa shape index (κ2) is 6.76. The van der Waals surface area contributed by atoms with Crippen molar-refractivity contribution in [3.8, 4) is 5.75 Å². The molecular formula is C24H19NO5. The van der Waals surface area contributed by atoms with Crippen LogP contribution in [0.2, 0.25) is 0 Å². The highest BCUT2D eigenvalue weighted by Crippen LogP contribution is 2.53. The molecule has 0 radical (unpaired) electrons. The van der Waals surface area contributed by atoms with Gasteiger partial charge in [0.05, 0.1) is 23.1 Å². The number of ketones is 1. The van der Waals surface area contributed by atoms with E-state index in [1.807, 2.05) is 0 Å². The van der Waals surface area contributed by atoms with Crippen molar-refractivity contribution in [1.29, 1.82) is 0 Å². The summed E-state index contributed by atoms with van der Waals surface area (Å²) in [6.07, 6.45) is 5.00. The molecule has 2 aromatic carbocycles. The van der Waals surface area contributed by atoms with Gasteiger partial charge in [0, 0.05) is 5.56 Å². The van der Waals surface area contributed by atoms with Crippen LogP contribution in [0.1, 0.15) is 34.1 Å². The zero-order valence-electron chi connectivity index (χ0n) is 16.3. The lowest BCUT2D eigenvalue weighted by atomic mass is 9.85. The minimum atomic E-state index is -0.560. The summed E-state index contributed by atoms with van der Waals surface area (Å²) in [6.45, 7) is 1.47. The number of carbonyl (C=O) groups is 4. The first-order chi connectivity index (χ1) is 14.4. The van der Waals surface area contributed by atoms with E-state index in [0.717, 1.165) is 6.42 Å². The van der Waals surface area contributed by atoms with E-state index in [1.165, 1.54) is 11.8 Å². The molecule has 150 valence electrons. The van der Waals surface area contributed by atoms with E-state index in [4.69, 9.17) is 4.74 Å². The molecule has 1 heterocycles. The van der Waals surface area contributed by atoms with E-state index in [1.54, 1.807) is 48.5 Å². The lowest BCUT2D eigenvalue weighted by Crippen LogP contribution is -2.32. The minimum absolute atomic E-state index is 0.0672. The van der Waals surface area contributed by atoms with Crippen molar-refractivity contribution in [2.75, 3.05) is 4.90 Å². The molecule has 2 fully saturated rings. The van der Waals surface area contributed by atoms with Crippen LogP contribution in [0.3, 0.4) is 0 Å². The second-order valence-corrected chi connectivity index (χ2v) is 8.03. The van der Waals surface area contributed by atoms with Crippen molar-refractivity contribution in [3.05, 3.63) is 71.8 Å². The normalized spacial score (nSPS) is 26.2. The zero-order valence-corrected chi connectivity index (χ0v) is 16.3. The van der Waals surface area contributed by atoms with Gasteiger partial charge in [-0.15, -0.1) is 0 Å². The Morgan fingerprint density at radius 1 is 0.833 bits per heavy atom. The zero-order chi connectivity index (χ0) is 21.0. The number of amides is 2. The number of imide groups is 1. The van der Waals surface area contributed by atoms with Crippen molar-refractivity contribution in [1.82, 2.24) is 0 Å². The predicted octanol–water partition coefficient (Wildman–Crippen LogP) is 3.42. The number of allylic oxidation sites excluding steroid dienone is 2. The van der Waals surface area contributed by atoms with E-state index >= 15 is 0 Å². The van der Waals surface area contributed by atoms with Crippen LogP contribution >= 0.6 is 0 Å². The number of hydrogen-bond donors (Lipinski definition) is 0. The maximum atomic E-state index is 12.9. The van der Waals surface area contributed by atoms with Gasteiger partial charge in [0.25, 0.3) is 0 Å². The van der Waals surface area contributed by atoms with Crippen LogP contribution in [0.15, 0.2) is 60.7 Å². The van der Waals surface area contributed by atoms with Crippen LogP contribution in [-0.4, -0.2) is 23.6 Å². The number of hydrogen-bond acceptors (Lipinski definition) is 5. The van der Waals surface area contributed by atoms with Gasteiger partial charge >= 0.3 is 5.97 Å². The molecule has 2 amide bonds. The van der Waals surface area contributed by atoms with Crippen molar-refractivity contribution >= 4 is 29.3 Å². The summed E-state index contributed by atoms with van der Waals surface area (Å²) >= 11 is 0. The smallest absolute Gasteiger partial charge is 0.343 e. The van der Waals surface area contributed by atoms with Gasteiger partial charge in [-0.25, -0.2) is 4.79 Å². The molecule has 6 nitrogen and oxygen atoms in total. The Bertz CT molecular complexity index is 1070. The summed E-state index contributed by atoms with van der Waals surface area (Å²) in [4.78, 5) is 50.7. The topological polar surface area (TPSA) is 80.8 Å². The monoisotopic (exact) mass is 401 g/mol. The van der Waals surface area contributed by atoms with Crippen LogP contribution < -0.4 is 9.64 Å². The number of fused-ring (bicyclic) bond motifs is 5. The Morgan fingerprint density at radius 2 is 1.37 bits per heavy atom. The standard InChI is InChI=1S/C24H19NO5/c1-13(26)14-6-10-19(11-7-14)30-24(29)15-4-8-18(9-5-15)25-22(27)20-16-2-3-17(12-16)21(20)23(25)28/h2-11,16-17,20-21H,12H2,1H3/t16-,17-,20-,21-/m0/s1. The van der Waals surface area contributed by atoms with E-state index in [0.29, 0.717) is 22.6 Å². The molecule has 0 unspecified atom stereocenters. The van der Waals surface area contributed by atoms with E-state index in [9.17, 15) is 19.2 Å². The lowest BCUT2D eigenvalue weighted by molar-refractivity contribution is -0.123. The summed E-state index contributed by atoms with van der Waals surface area (Å²) in [6, 6.07) is 12.6. The van der Waals surface area contributed by atoms with Crippen LogP contribution in [0.4, 0.5) is 5.69 Å². The van der Waals surface area contributed by atoms with Crippen molar-refractivity contribution in [2.24, 2.45) is 23.7 Å². The third-order valence-corrected chi connectivity index (χ3v) is 6.30. The van der Waals surface area contributed by atoms with Crippen molar-refractivity contribution < 1.29 is 23.9 Å². The third kappa shape index (κ3) is 2.79. The second-order valence-electron chi connectivity index (χ2n) is 8.03. The van der Waals surface area contributed by atoms with Gasteiger partial charge in [0.1, 0.15) is 5.75 Å². The van der Waals surface area contributed by atoms with Gasteiger partial charge in [-0.1, -0.05) is 12.2 Å². The molecule has 5 rings (SSSR count). The molecule has 0 N–H and O–H groups in total. The first kappa shape index (κ1) is 18.5. The number of Topliss-reactive ketones (excluding diaryl/α,β-unsaturated/α-hetero) is 1. The lowest BCUT2D eigenvalue weighted by Gasteiger charge is -2.17. The van der Waals surface area contributed by atoms with Gasteiger partial charge in [0.2, 0.25) is 11.8 Å². The van der Waals surface area contributed by atoms with Gasteiger partial charge in [0.15, 0.2) is 5.78 Å². The number of esters is 1. The molecule has 30 heavy (non-hydrogen) atoms. The first-order valence-electron chi connectivity index (χ1n) is 9.93. The average Bonchev–Trinajstić information content (AvgIpc) is 3.42. The number of anilines is 1. The maximum Gasteiger partial charge on any atom is 0.343 e. The molecular weight excluding hydrogens is 382 g/mol. The van der Waals surface area contributed by atoms with Gasteiger partial charge in [-0.3, -0.25) is 19.3 Å². The van der Waals surface area contributed by atoms with Gasteiger partial charge in [-0.05, 0) is 73.7 Å². The molecule has 2 bridgehead atoms. The summed E-state index contributed by atoms with van der Waals surface area (Å²) in [5.74, 6) is -0.793. The van der Waals surface area contributed by atoms with Gasteiger partial charge in [-0.2, -0.15) is 0 Å². The summed E-state index contributed by atoms with van der Waals surface area (Å²) < 4.78 is 5.33. The fourth-order valence-electron chi connectivity index (χ4n) is 4.83. The molecule has 2 aliphatic carbocycles. The average molecular weight is 401 g/mol. The summed E-state index contributed by atoms with van der Waals surface area (Å²) in [5, 5.41) is 0. The molecule has 4 atom stereocenters. The van der Waals surface area contributed by atoms with E-state index in [-0.39, 0.29) is 41.3 Å². The fraction of sp³-hybridized carbons (Fsp3) is 0.250. The number of benzene rings is 2. The quantitative estimate of drug-likeness (QED) is 0.258. The maximum absolute atomic E-state index is 12.9. The highest BCUT2D eigenvalue weighted by atomic mass is 16.5. The number of nitrogens with zero attached hydrogens (tertiary/aromatic N) is 1. The minimum Gasteiger partial charge on any atom is -0.423 e. The molecule has 1 saturated carbocycles. The SMILES string of the molecule is CC(=O)c1ccc(OC(=O)c2ccc(N3C(=O)[C@@H]4[C@@H](C3=O)[C@H]3C=C[C@H]4C3)cc2)cc1. The number of ether oxygens (including phenoxy) is 1. The first-order valence-corrected chi connectivity index (χ1v) is 9.93. The van der Waals surface area contributed by atoms with Crippen molar-refractivity contribution in [3.63, 3.8) is 0 Å². The Labute approximate surface area is 173 Å². The highest BCUT2D eigenvalue weighted by molar-refractivity contribution is 6.22. The largest absolute Gasteiger partial charge is 0.423 e. The Morgan fingerprint density at radius 3 is 1.90 bits per heavy atom. The molecule has 6 heteroatoms. The van der Waals surface area contributed by atoms with Crippen molar-refractivity contribution in [2.45, 2.75) is 13.3 Å². The van der Waals surface area contributed by atoms with Crippen LogP contribution in [0.5, 0.6) is 5.75 Å². The van der Waals surface area contributed by atoms with E-state index in [2.05, 4.69) is 12.2 Å². The molecule has 2 aromatic rings. The number of rotatable bonds is 4. The van der Waals surface area contributed by atoms with Crippen LogP contribution in [-0.2, 0) is 9.59 Å². The molecule has 0 aromatic heterocycles. The number of carbonyl (C=O) groups excluding carboxylic acids is 4. The third-order valence-electron chi connectivity index (χ3n) is 6.30. The summed E-state index contributed by atoms with van der Waals surface area (Å²) in [7, 11) is 0. The Balaban J connectivity index is 1.31. The molecule has 0 spiro atoms. The van der Waals surface area contributed by atoms with Gasteiger partial charge < -0.3 is 4.74 Å². The summed E-state index contributed by atoms with van der Waals surface area (Å²) in [5.41, 5.74) is 1.31. The van der Waals surface area contributed by atoms with Crippen LogP contribution in [0.25, 0.3) is 0 Å². The Hall–Kier alpha value is -3.54. The molecule has 3 aliphatic rings. The fourth-order valence-corrected chi connectivity index (χ4v) is 4.83. The van der Waals surface area contributed by atoms with E-state index < -0.39 is 5.97 Å².